The van der Waals surface area contributed by atoms with Crippen LogP contribution in [0.3, 0.4) is 0 Å². The van der Waals surface area contributed by atoms with Crippen molar-refractivity contribution in [3.05, 3.63) is 35.6 Å². The topological polar surface area (TPSA) is 40.5 Å². The Bertz CT molecular complexity index is 517. The van der Waals surface area contributed by atoms with Gasteiger partial charge in [0.05, 0.1) is 5.41 Å². The van der Waals surface area contributed by atoms with Gasteiger partial charge in [0.2, 0.25) is 0 Å². The maximum absolute atomic E-state index is 13.2. The van der Waals surface area contributed by atoms with Crippen LogP contribution in [-0.4, -0.2) is 35.1 Å². The molecular formula is C17H24FNO2. The second-order valence-electron chi connectivity index (χ2n) is 6.52. The lowest BCUT2D eigenvalue weighted by molar-refractivity contribution is -0.151. The van der Waals surface area contributed by atoms with Crippen LogP contribution in [0.1, 0.15) is 32.8 Å². The summed E-state index contributed by atoms with van der Waals surface area (Å²) >= 11 is 0. The second kappa shape index (κ2) is 6.14. The molecule has 0 aliphatic carbocycles. The Kier molecular flexibility index (Phi) is 4.67. The molecule has 2 rings (SSSR count). The van der Waals surface area contributed by atoms with Crippen molar-refractivity contribution in [2.24, 2.45) is 11.3 Å². The van der Waals surface area contributed by atoms with Gasteiger partial charge in [-0.05, 0) is 49.9 Å². The maximum Gasteiger partial charge on any atom is 0.311 e. The van der Waals surface area contributed by atoms with E-state index in [9.17, 15) is 14.3 Å². The molecule has 21 heavy (non-hydrogen) atoms. The van der Waals surface area contributed by atoms with Gasteiger partial charge in [-0.3, -0.25) is 9.69 Å². The zero-order valence-electron chi connectivity index (χ0n) is 13.0. The molecule has 0 saturated carbocycles. The standard InChI is InChI=1S/C17H24FNO2/c1-12(2)17(16(20)21)7-8-19(11-17)13(3)9-14-5-4-6-15(18)10-14/h4-6,10,12-13H,7-9,11H2,1-3H3,(H,20,21). The van der Waals surface area contributed by atoms with E-state index in [1.807, 2.05) is 19.9 Å². The monoisotopic (exact) mass is 293 g/mol. The molecule has 0 amide bonds. The highest BCUT2D eigenvalue weighted by molar-refractivity contribution is 5.75. The quantitative estimate of drug-likeness (QED) is 0.906. The van der Waals surface area contributed by atoms with Gasteiger partial charge in [0.15, 0.2) is 0 Å². The maximum atomic E-state index is 13.2. The Morgan fingerprint density at radius 2 is 2.14 bits per heavy atom. The minimum Gasteiger partial charge on any atom is -0.481 e. The molecule has 1 aromatic rings. The zero-order chi connectivity index (χ0) is 15.6. The first-order valence-corrected chi connectivity index (χ1v) is 7.57. The first-order valence-electron chi connectivity index (χ1n) is 7.57. The van der Waals surface area contributed by atoms with Gasteiger partial charge in [0, 0.05) is 12.6 Å². The number of hydrogen-bond acceptors (Lipinski definition) is 2. The van der Waals surface area contributed by atoms with E-state index in [4.69, 9.17) is 0 Å². The molecule has 0 aromatic heterocycles. The van der Waals surface area contributed by atoms with Crippen molar-refractivity contribution in [3.8, 4) is 0 Å². The Morgan fingerprint density at radius 3 is 2.67 bits per heavy atom. The molecule has 1 saturated heterocycles. The van der Waals surface area contributed by atoms with E-state index in [0.29, 0.717) is 13.0 Å². The molecule has 3 nitrogen and oxygen atoms in total. The van der Waals surface area contributed by atoms with Crippen LogP contribution < -0.4 is 0 Å². The summed E-state index contributed by atoms with van der Waals surface area (Å²) in [5.74, 6) is -0.803. The number of rotatable bonds is 5. The van der Waals surface area contributed by atoms with Crippen molar-refractivity contribution in [2.45, 2.75) is 39.7 Å². The number of halogens is 1. The van der Waals surface area contributed by atoms with Crippen molar-refractivity contribution in [1.29, 1.82) is 0 Å². The molecule has 2 unspecified atom stereocenters. The molecule has 1 N–H and O–H groups in total. The lowest BCUT2D eigenvalue weighted by atomic mass is 9.76. The predicted octanol–water partition coefficient (Wildman–Crippen LogP) is 3.19. The fourth-order valence-electron chi connectivity index (χ4n) is 3.27. The fourth-order valence-corrected chi connectivity index (χ4v) is 3.27. The van der Waals surface area contributed by atoms with E-state index in [0.717, 1.165) is 18.5 Å². The number of aliphatic carboxylic acids is 1. The molecule has 1 fully saturated rings. The van der Waals surface area contributed by atoms with Gasteiger partial charge >= 0.3 is 5.97 Å². The molecule has 1 heterocycles. The number of likely N-dealkylation sites (tertiary alicyclic amines) is 1. The molecular weight excluding hydrogens is 269 g/mol. The third-order valence-electron chi connectivity index (χ3n) is 4.90. The summed E-state index contributed by atoms with van der Waals surface area (Å²) in [6.07, 6.45) is 1.43. The van der Waals surface area contributed by atoms with Gasteiger partial charge in [-0.1, -0.05) is 26.0 Å². The Balaban J connectivity index is 2.05. The van der Waals surface area contributed by atoms with Crippen LogP contribution in [0.25, 0.3) is 0 Å². The van der Waals surface area contributed by atoms with Crippen LogP contribution in [0.5, 0.6) is 0 Å². The number of nitrogens with zero attached hydrogens (tertiary/aromatic N) is 1. The van der Waals surface area contributed by atoms with Crippen molar-refractivity contribution in [3.63, 3.8) is 0 Å². The summed E-state index contributed by atoms with van der Waals surface area (Å²) in [4.78, 5) is 13.9. The van der Waals surface area contributed by atoms with Crippen LogP contribution >= 0.6 is 0 Å². The third kappa shape index (κ3) is 3.26. The van der Waals surface area contributed by atoms with Crippen LogP contribution in [-0.2, 0) is 11.2 Å². The Hall–Kier alpha value is -1.42. The van der Waals surface area contributed by atoms with Crippen molar-refractivity contribution in [2.75, 3.05) is 13.1 Å². The summed E-state index contributed by atoms with van der Waals surface area (Å²) in [6.45, 7) is 7.42. The minimum absolute atomic E-state index is 0.112. The lowest BCUT2D eigenvalue weighted by Gasteiger charge is -2.31. The largest absolute Gasteiger partial charge is 0.481 e. The first kappa shape index (κ1) is 16.0. The molecule has 116 valence electrons. The molecule has 0 bridgehead atoms. The highest BCUT2D eigenvalue weighted by Crippen LogP contribution is 2.39. The summed E-state index contributed by atoms with van der Waals surface area (Å²) in [6, 6.07) is 6.85. The first-order chi connectivity index (χ1) is 9.85. The number of carboxylic acid groups (broad SMARTS) is 1. The summed E-state index contributed by atoms with van der Waals surface area (Å²) in [7, 11) is 0. The van der Waals surface area contributed by atoms with Crippen LogP contribution in [0.2, 0.25) is 0 Å². The molecule has 1 aromatic carbocycles. The summed E-state index contributed by atoms with van der Waals surface area (Å²) < 4.78 is 13.2. The summed E-state index contributed by atoms with van der Waals surface area (Å²) in [5, 5.41) is 9.58. The van der Waals surface area contributed by atoms with Crippen LogP contribution in [0, 0.1) is 17.2 Å². The minimum atomic E-state index is -0.696. The number of benzene rings is 1. The van der Waals surface area contributed by atoms with E-state index >= 15 is 0 Å². The zero-order valence-corrected chi connectivity index (χ0v) is 13.0. The van der Waals surface area contributed by atoms with E-state index < -0.39 is 11.4 Å². The third-order valence-corrected chi connectivity index (χ3v) is 4.90. The van der Waals surface area contributed by atoms with Gasteiger partial charge in [0.1, 0.15) is 5.82 Å². The van der Waals surface area contributed by atoms with Crippen molar-refractivity contribution in [1.82, 2.24) is 4.90 Å². The van der Waals surface area contributed by atoms with Crippen LogP contribution in [0.15, 0.2) is 24.3 Å². The van der Waals surface area contributed by atoms with Gasteiger partial charge in [-0.2, -0.15) is 0 Å². The molecule has 2 atom stereocenters. The molecule has 0 radical (unpaired) electrons. The van der Waals surface area contributed by atoms with E-state index in [1.54, 1.807) is 12.1 Å². The van der Waals surface area contributed by atoms with Gasteiger partial charge in [0.25, 0.3) is 0 Å². The van der Waals surface area contributed by atoms with Gasteiger partial charge in [-0.25, -0.2) is 4.39 Å². The molecule has 0 spiro atoms. The average Bonchev–Trinajstić information content (AvgIpc) is 2.85. The molecule has 4 heteroatoms. The van der Waals surface area contributed by atoms with E-state index in [2.05, 4.69) is 11.8 Å². The molecule has 1 aliphatic heterocycles. The highest BCUT2D eigenvalue weighted by atomic mass is 19.1. The van der Waals surface area contributed by atoms with Crippen molar-refractivity contribution < 1.29 is 14.3 Å². The Labute approximate surface area is 125 Å². The smallest absolute Gasteiger partial charge is 0.311 e. The molecule has 1 aliphatic rings. The Morgan fingerprint density at radius 1 is 1.43 bits per heavy atom. The number of carbonyl (C=O) groups is 1. The van der Waals surface area contributed by atoms with Crippen molar-refractivity contribution >= 4 is 5.97 Å². The van der Waals surface area contributed by atoms with Gasteiger partial charge < -0.3 is 5.11 Å². The summed E-state index contributed by atoms with van der Waals surface area (Å²) in [5.41, 5.74) is 0.316. The highest BCUT2D eigenvalue weighted by Gasteiger charge is 2.47. The normalized spacial score (nSPS) is 24.4. The SMILES string of the molecule is CC(Cc1cccc(F)c1)N1CCC(C(=O)O)(C(C)C)C1. The fraction of sp³-hybridized carbons (Fsp3) is 0.588. The number of hydrogen-bond donors (Lipinski definition) is 1. The lowest BCUT2D eigenvalue weighted by Crippen LogP contribution is -2.41. The van der Waals surface area contributed by atoms with Gasteiger partial charge in [-0.15, -0.1) is 0 Å². The van der Waals surface area contributed by atoms with Crippen LogP contribution in [0.4, 0.5) is 4.39 Å². The average molecular weight is 293 g/mol. The predicted molar refractivity (Wildman–Crippen MR) is 80.7 cm³/mol. The number of carboxylic acids is 1. The van der Waals surface area contributed by atoms with E-state index in [-0.39, 0.29) is 17.8 Å². The second-order valence-corrected chi connectivity index (χ2v) is 6.52. The van der Waals surface area contributed by atoms with E-state index in [1.165, 1.54) is 6.07 Å².